The first-order valence-corrected chi connectivity index (χ1v) is 10.3. The molecule has 6 N–H and O–H groups in total. The van der Waals surface area contributed by atoms with Crippen molar-refractivity contribution in [1.29, 1.82) is 0 Å². The van der Waals surface area contributed by atoms with Crippen LogP contribution in [0.1, 0.15) is 24.5 Å². The van der Waals surface area contributed by atoms with Gasteiger partial charge in [0.25, 0.3) is 0 Å². The number of rotatable bonds is 8. The predicted octanol–water partition coefficient (Wildman–Crippen LogP) is 2.83. The number of aliphatic carboxylic acids is 1. The largest absolute Gasteiger partial charge is 0.492 e. The van der Waals surface area contributed by atoms with Gasteiger partial charge in [0.2, 0.25) is 0 Å². The van der Waals surface area contributed by atoms with Crippen molar-refractivity contribution in [1.82, 2.24) is 4.98 Å². The Labute approximate surface area is 184 Å². The minimum absolute atomic E-state index is 0.119. The summed E-state index contributed by atoms with van der Waals surface area (Å²) in [5, 5.41) is 26.9. The van der Waals surface area contributed by atoms with Crippen molar-refractivity contribution in [3.05, 3.63) is 46.8 Å². The number of nitrogens with one attached hydrogen (secondary N) is 2. The second-order valence-corrected chi connectivity index (χ2v) is 7.78. The Bertz CT molecular complexity index is 1030. The fourth-order valence-corrected chi connectivity index (χ4v) is 3.96. The molecule has 1 atom stereocenters. The lowest BCUT2D eigenvalue weighted by atomic mass is 9.93. The second-order valence-electron chi connectivity index (χ2n) is 7.40. The number of carboxylic acids is 1. The van der Waals surface area contributed by atoms with Crippen molar-refractivity contribution in [2.45, 2.75) is 25.0 Å². The van der Waals surface area contributed by atoms with Crippen LogP contribution in [0.5, 0.6) is 5.75 Å². The third kappa shape index (κ3) is 3.94. The number of pyridine rings is 1. The number of anilines is 4. The first-order valence-electron chi connectivity index (χ1n) is 9.93. The van der Waals surface area contributed by atoms with Crippen molar-refractivity contribution in [3.8, 4) is 5.75 Å². The first-order chi connectivity index (χ1) is 14.9. The van der Waals surface area contributed by atoms with Gasteiger partial charge in [-0.25, -0.2) is 9.78 Å². The van der Waals surface area contributed by atoms with Crippen LogP contribution in [0.15, 0.2) is 36.2 Å². The third-order valence-electron chi connectivity index (χ3n) is 5.34. The number of aliphatic hydroxyl groups excluding tert-OH is 1. The summed E-state index contributed by atoms with van der Waals surface area (Å²) in [7, 11) is 1.51. The summed E-state index contributed by atoms with van der Waals surface area (Å²) >= 11 is 6.55. The van der Waals surface area contributed by atoms with Gasteiger partial charge in [0.05, 0.1) is 29.1 Å². The predicted molar refractivity (Wildman–Crippen MR) is 120 cm³/mol. The molecule has 0 spiro atoms. The number of carboxylic acid groups (broad SMARTS) is 1. The lowest BCUT2D eigenvalue weighted by Crippen LogP contribution is -2.30. The maximum atomic E-state index is 11.7. The highest BCUT2D eigenvalue weighted by molar-refractivity contribution is 6.37. The van der Waals surface area contributed by atoms with Crippen LogP contribution in [-0.2, 0) is 4.79 Å². The van der Waals surface area contributed by atoms with E-state index in [1.165, 1.54) is 13.3 Å². The Hall–Kier alpha value is -3.17. The molecule has 0 amide bonds. The molecule has 1 unspecified atom stereocenters. The van der Waals surface area contributed by atoms with Crippen LogP contribution in [-0.4, -0.2) is 47.4 Å². The number of nitrogen functional groups attached to an aromatic ring is 1. The topological polar surface area (TPSA) is 133 Å². The van der Waals surface area contributed by atoms with Gasteiger partial charge >= 0.3 is 5.97 Å². The molecule has 2 heterocycles. The van der Waals surface area contributed by atoms with Crippen molar-refractivity contribution in [2.24, 2.45) is 0 Å². The van der Waals surface area contributed by atoms with E-state index < -0.39 is 12.1 Å². The van der Waals surface area contributed by atoms with Gasteiger partial charge in [-0.1, -0.05) is 17.7 Å². The molecule has 31 heavy (non-hydrogen) atoms. The average Bonchev–Trinajstić information content (AvgIpc) is 3.60. The zero-order chi connectivity index (χ0) is 22.1. The van der Waals surface area contributed by atoms with E-state index in [0.29, 0.717) is 30.2 Å². The SMILES string of the molecule is COc1c(NCCNc2ccccn2)c(Cl)c(N)c2c1N(C1CC1)C=C(C(=O)O)C2O. The minimum Gasteiger partial charge on any atom is -0.492 e. The van der Waals surface area contributed by atoms with Crippen LogP contribution in [0.25, 0.3) is 0 Å². The van der Waals surface area contributed by atoms with Crippen molar-refractivity contribution in [2.75, 3.05) is 41.5 Å². The molecular weight excluding hydrogens is 422 g/mol. The summed E-state index contributed by atoms with van der Waals surface area (Å²) in [6, 6.07) is 5.72. The maximum Gasteiger partial charge on any atom is 0.336 e. The summed E-state index contributed by atoms with van der Waals surface area (Å²) < 4.78 is 5.68. The van der Waals surface area contributed by atoms with Gasteiger partial charge in [0, 0.05) is 37.1 Å². The normalized spacial score (nSPS) is 17.6. The summed E-state index contributed by atoms with van der Waals surface area (Å²) in [4.78, 5) is 17.7. The van der Waals surface area contributed by atoms with E-state index in [9.17, 15) is 15.0 Å². The Balaban J connectivity index is 1.67. The molecule has 2 aromatic rings. The van der Waals surface area contributed by atoms with Gasteiger partial charge < -0.3 is 36.2 Å². The first kappa shape index (κ1) is 21.1. The van der Waals surface area contributed by atoms with Crippen LogP contribution < -0.4 is 26.0 Å². The highest BCUT2D eigenvalue weighted by Gasteiger charge is 2.41. The van der Waals surface area contributed by atoms with Crippen LogP contribution in [0.3, 0.4) is 0 Å². The number of hydrogen-bond acceptors (Lipinski definition) is 8. The number of ether oxygens (including phenoxy) is 1. The number of halogens is 1. The number of fused-ring (bicyclic) bond motifs is 1. The lowest BCUT2D eigenvalue weighted by Gasteiger charge is -2.35. The Morgan fingerprint density at radius 2 is 2.10 bits per heavy atom. The van der Waals surface area contributed by atoms with Gasteiger partial charge in [0.15, 0.2) is 5.75 Å². The van der Waals surface area contributed by atoms with Crippen LogP contribution >= 0.6 is 11.6 Å². The molecule has 4 rings (SSSR count). The summed E-state index contributed by atoms with van der Waals surface area (Å²) in [5.41, 5.74) is 7.57. The number of hydrogen-bond donors (Lipinski definition) is 5. The molecule has 0 saturated heterocycles. The monoisotopic (exact) mass is 445 g/mol. The van der Waals surface area contributed by atoms with E-state index in [0.717, 1.165) is 18.7 Å². The molecule has 1 aliphatic carbocycles. The Morgan fingerprint density at radius 1 is 1.35 bits per heavy atom. The van der Waals surface area contributed by atoms with E-state index in [1.807, 2.05) is 23.1 Å². The van der Waals surface area contributed by atoms with Gasteiger partial charge in [0.1, 0.15) is 17.6 Å². The van der Waals surface area contributed by atoms with Crippen molar-refractivity contribution in [3.63, 3.8) is 0 Å². The fraction of sp³-hybridized carbons (Fsp3) is 0.333. The molecule has 1 aromatic heterocycles. The minimum atomic E-state index is -1.41. The van der Waals surface area contributed by atoms with Crippen molar-refractivity contribution >= 4 is 40.5 Å². The average molecular weight is 446 g/mol. The maximum absolute atomic E-state index is 11.7. The van der Waals surface area contributed by atoms with Crippen molar-refractivity contribution < 1.29 is 19.7 Å². The molecule has 0 radical (unpaired) electrons. The Morgan fingerprint density at radius 3 is 2.71 bits per heavy atom. The van der Waals surface area contributed by atoms with E-state index >= 15 is 0 Å². The van der Waals surface area contributed by atoms with E-state index in [2.05, 4.69) is 15.6 Å². The van der Waals surface area contributed by atoms with E-state index in [1.54, 1.807) is 6.20 Å². The molecule has 10 heteroatoms. The fourth-order valence-electron chi connectivity index (χ4n) is 3.71. The highest BCUT2D eigenvalue weighted by atomic mass is 35.5. The van der Waals surface area contributed by atoms with Gasteiger partial charge in [-0.3, -0.25) is 0 Å². The van der Waals surface area contributed by atoms with Crippen LogP contribution in [0, 0.1) is 0 Å². The summed E-state index contributed by atoms with van der Waals surface area (Å²) in [6.07, 6.45) is 3.57. The molecular formula is C21H24ClN5O4. The molecule has 0 bridgehead atoms. The number of nitrogens with two attached hydrogens (primary N) is 1. The molecule has 2 aliphatic rings. The number of aromatic nitrogens is 1. The quantitative estimate of drug-likeness (QED) is 0.307. The van der Waals surface area contributed by atoms with Crippen LogP contribution in [0.2, 0.25) is 5.02 Å². The molecule has 9 nitrogen and oxygen atoms in total. The number of carbonyl (C=O) groups is 1. The third-order valence-corrected chi connectivity index (χ3v) is 5.73. The summed E-state index contributed by atoms with van der Waals surface area (Å²) in [5.74, 6) is -0.0403. The standard InChI is InChI=1S/C21H24ClN5O4/c1-31-20-17(26-9-8-25-13-4-2-3-7-24-13)15(22)16(23)14-18(20)27(11-5-6-11)10-12(19(14)28)21(29)30/h2-4,7,10-11,19,26,28H,5-6,8-9,23H2,1H3,(H,24,25)(H,29,30). The number of nitrogens with zero attached hydrogens (tertiary/aromatic N) is 2. The second kappa shape index (κ2) is 8.52. The number of methoxy groups -OCH3 is 1. The van der Waals surface area contributed by atoms with Crippen LogP contribution in [0.4, 0.5) is 22.9 Å². The smallest absolute Gasteiger partial charge is 0.336 e. The molecule has 1 aliphatic heterocycles. The summed E-state index contributed by atoms with van der Waals surface area (Å²) in [6.45, 7) is 1.05. The van der Waals surface area contributed by atoms with E-state index in [4.69, 9.17) is 22.1 Å². The molecule has 1 aromatic carbocycles. The zero-order valence-corrected chi connectivity index (χ0v) is 17.7. The molecule has 164 valence electrons. The molecule has 1 fully saturated rings. The van der Waals surface area contributed by atoms with E-state index in [-0.39, 0.29) is 27.9 Å². The van der Waals surface area contributed by atoms with Gasteiger partial charge in [-0.05, 0) is 25.0 Å². The van der Waals surface area contributed by atoms with Gasteiger partial charge in [-0.2, -0.15) is 0 Å². The molecule has 1 saturated carbocycles. The highest BCUT2D eigenvalue weighted by Crippen LogP contribution is 2.55. The number of benzene rings is 1. The zero-order valence-electron chi connectivity index (χ0n) is 16.9. The lowest BCUT2D eigenvalue weighted by molar-refractivity contribution is -0.133. The Kier molecular flexibility index (Phi) is 5.79. The number of aliphatic hydroxyl groups is 1. The van der Waals surface area contributed by atoms with Gasteiger partial charge in [-0.15, -0.1) is 0 Å².